The highest BCUT2D eigenvalue weighted by molar-refractivity contribution is 5.88. The van der Waals surface area contributed by atoms with Gasteiger partial charge in [-0.25, -0.2) is 0 Å². The Kier molecular flexibility index (Phi) is 2.50. The lowest BCUT2D eigenvalue weighted by Crippen LogP contribution is -2.69. The number of Topliss-reactive ketones (excluding diaryl/α,β-unsaturated/α-hetero) is 1. The SMILES string of the molecule is CC1C[C@@]23C4=CCCN2CCCC3C(O)C[C@H]4C1=O. The van der Waals surface area contributed by atoms with Crippen LogP contribution in [-0.4, -0.2) is 40.5 Å². The summed E-state index contributed by atoms with van der Waals surface area (Å²) in [5.41, 5.74) is 1.42. The zero-order valence-corrected chi connectivity index (χ0v) is 11.6. The van der Waals surface area contributed by atoms with Crippen molar-refractivity contribution < 1.29 is 9.90 Å². The van der Waals surface area contributed by atoms with Crippen molar-refractivity contribution in [1.29, 1.82) is 0 Å². The molecule has 3 nitrogen and oxygen atoms in total. The first-order valence-electron chi connectivity index (χ1n) is 7.82. The molecule has 19 heavy (non-hydrogen) atoms. The van der Waals surface area contributed by atoms with Crippen LogP contribution in [0.5, 0.6) is 0 Å². The molecule has 3 unspecified atom stereocenters. The Morgan fingerprint density at radius 3 is 3.11 bits per heavy atom. The molecule has 1 spiro atoms. The molecule has 2 saturated carbocycles. The molecule has 104 valence electrons. The largest absolute Gasteiger partial charge is 0.393 e. The first-order chi connectivity index (χ1) is 9.14. The van der Waals surface area contributed by atoms with E-state index in [-0.39, 0.29) is 23.5 Å². The summed E-state index contributed by atoms with van der Waals surface area (Å²) in [5.74, 6) is 0.910. The van der Waals surface area contributed by atoms with Crippen molar-refractivity contribution in [2.45, 2.75) is 50.7 Å². The van der Waals surface area contributed by atoms with Crippen molar-refractivity contribution in [3.63, 3.8) is 0 Å². The van der Waals surface area contributed by atoms with Crippen LogP contribution in [0.2, 0.25) is 0 Å². The molecule has 0 aromatic heterocycles. The topological polar surface area (TPSA) is 40.5 Å². The number of nitrogens with zero attached hydrogens (tertiary/aromatic N) is 1. The zero-order chi connectivity index (χ0) is 13.2. The number of carbonyl (C=O) groups is 1. The Morgan fingerprint density at radius 2 is 2.26 bits per heavy atom. The van der Waals surface area contributed by atoms with Crippen LogP contribution in [0.1, 0.15) is 39.0 Å². The maximum atomic E-state index is 12.5. The molecule has 3 heteroatoms. The summed E-state index contributed by atoms with van der Waals surface area (Å²) in [6.45, 7) is 4.35. The van der Waals surface area contributed by atoms with Crippen molar-refractivity contribution in [3.8, 4) is 0 Å². The van der Waals surface area contributed by atoms with Gasteiger partial charge in [-0.2, -0.15) is 0 Å². The molecule has 4 aliphatic rings. The van der Waals surface area contributed by atoms with E-state index in [0.29, 0.717) is 18.1 Å². The van der Waals surface area contributed by atoms with E-state index in [0.717, 1.165) is 32.4 Å². The predicted molar refractivity (Wildman–Crippen MR) is 72.6 cm³/mol. The average Bonchev–Trinajstić information content (AvgIpc) is 2.40. The van der Waals surface area contributed by atoms with Crippen LogP contribution < -0.4 is 0 Å². The molecule has 2 aliphatic carbocycles. The van der Waals surface area contributed by atoms with Crippen LogP contribution >= 0.6 is 0 Å². The highest BCUT2D eigenvalue weighted by Crippen LogP contribution is 2.57. The van der Waals surface area contributed by atoms with Crippen LogP contribution in [0.4, 0.5) is 0 Å². The minimum absolute atomic E-state index is 0.0101. The Morgan fingerprint density at radius 1 is 1.42 bits per heavy atom. The van der Waals surface area contributed by atoms with Gasteiger partial charge in [0.25, 0.3) is 0 Å². The normalized spacial score (nSPS) is 49.6. The van der Waals surface area contributed by atoms with E-state index < -0.39 is 0 Å². The number of hydrogen-bond acceptors (Lipinski definition) is 3. The third kappa shape index (κ3) is 1.38. The second kappa shape index (κ2) is 3.92. The minimum Gasteiger partial charge on any atom is -0.393 e. The maximum Gasteiger partial charge on any atom is 0.143 e. The van der Waals surface area contributed by atoms with Crippen LogP contribution in [-0.2, 0) is 4.79 Å². The maximum absolute atomic E-state index is 12.5. The lowest BCUT2D eigenvalue weighted by molar-refractivity contribution is -0.146. The van der Waals surface area contributed by atoms with E-state index in [4.69, 9.17) is 0 Å². The van der Waals surface area contributed by atoms with E-state index in [2.05, 4.69) is 17.9 Å². The molecular weight excluding hydrogens is 238 g/mol. The van der Waals surface area contributed by atoms with E-state index >= 15 is 0 Å². The van der Waals surface area contributed by atoms with Gasteiger partial charge in [0.05, 0.1) is 6.10 Å². The molecule has 0 amide bonds. The molecule has 2 bridgehead atoms. The van der Waals surface area contributed by atoms with Crippen molar-refractivity contribution in [2.75, 3.05) is 13.1 Å². The van der Waals surface area contributed by atoms with Crippen molar-refractivity contribution in [1.82, 2.24) is 4.90 Å². The van der Waals surface area contributed by atoms with E-state index in [1.54, 1.807) is 0 Å². The van der Waals surface area contributed by atoms with Gasteiger partial charge in [0, 0.05) is 29.8 Å². The van der Waals surface area contributed by atoms with Gasteiger partial charge in [-0.1, -0.05) is 13.0 Å². The second-order valence-corrected chi connectivity index (χ2v) is 6.97. The summed E-state index contributed by atoms with van der Waals surface area (Å²) in [5, 5.41) is 10.6. The van der Waals surface area contributed by atoms with E-state index in [1.165, 1.54) is 12.0 Å². The molecule has 0 radical (unpaired) electrons. The highest BCUT2D eigenvalue weighted by atomic mass is 16.3. The van der Waals surface area contributed by atoms with Crippen molar-refractivity contribution in [2.24, 2.45) is 17.8 Å². The number of hydrogen-bond donors (Lipinski definition) is 1. The van der Waals surface area contributed by atoms with Crippen LogP contribution in [0, 0.1) is 17.8 Å². The van der Waals surface area contributed by atoms with Crippen molar-refractivity contribution in [3.05, 3.63) is 11.6 Å². The van der Waals surface area contributed by atoms with Crippen LogP contribution in [0.15, 0.2) is 11.6 Å². The molecular formula is C16H23NO2. The lowest BCUT2D eigenvalue weighted by Gasteiger charge is -2.63. The summed E-state index contributed by atoms with van der Waals surface area (Å²) in [4.78, 5) is 15.1. The van der Waals surface area contributed by atoms with Gasteiger partial charge >= 0.3 is 0 Å². The number of piperidine rings is 1. The lowest BCUT2D eigenvalue weighted by atomic mass is 9.51. The van der Waals surface area contributed by atoms with Gasteiger partial charge in [0.15, 0.2) is 0 Å². The molecule has 1 N–H and O–H groups in total. The van der Waals surface area contributed by atoms with Gasteiger partial charge in [0.2, 0.25) is 0 Å². The van der Waals surface area contributed by atoms with E-state index in [1.807, 2.05) is 0 Å². The summed E-state index contributed by atoms with van der Waals surface area (Å²) in [6.07, 6.45) is 7.09. The number of carbonyl (C=O) groups excluding carboxylic acids is 1. The van der Waals surface area contributed by atoms with Crippen LogP contribution in [0.25, 0.3) is 0 Å². The second-order valence-electron chi connectivity index (χ2n) is 6.97. The monoisotopic (exact) mass is 261 g/mol. The smallest absolute Gasteiger partial charge is 0.143 e. The summed E-state index contributed by atoms with van der Waals surface area (Å²) in [6, 6.07) is 0. The number of aliphatic hydroxyl groups excluding tert-OH is 1. The quantitative estimate of drug-likeness (QED) is 0.675. The average molecular weight is 261 g/mol. The number of aliphatic hydroxyl groups is 1. The Labute approximate surface area is 114 Å². The minimum atomic E-state index is -0.278. The molecule has 5 atom stereocenters. The summed E-state index contributed by atoms with van der Waals surface area (Å²) in [7, 11) is 0. The van der Waals surface area contributed by atoms with E-state index in [9.17, 15) is 9.90 Å². The molecule has 0 aromatic rings. The van der Waals surface area contributed by atoms with Gasteiger partial charge in [-0.15, -0.1) is 0 Å². The zero-order valence-electron chi connectivity index (χ0n) is 11.6. The standard InChI is InChI=1S/C16H23NO2/c1-10-9-16-12-4-2-6-17(16)7-3-5-13(16)14(18)8-11(12)15(10)19/h4,10-11,13-14,18H,2-3,5-9H2,1H3/t10?,11-,13?,14?,16+/m1/s1. The molecule has 2 aliphatic heterocycles. The summed E-state index contributed by atoms with van der Waals surface area (Å²) >= 11 is 0. The van der Waals surface area contributed by atoms with Gasteiger partial charge < -0.3 is 5.11 Å². The van der Waals surface area contributed by atoms with Crippen LogP contribution in [0.3, 0.4) is 0 Å². The first kappa shape index (κ1) is 12.1. The molecule has 0 aromatic carbocycles. The molecule has 1 saturated heterocycles. The number of rotatable bonds is 0. The third-order valence-corrected chi connectivity index (χ3v) is 6.15. The molecule has 3 fully saturated rings. The highest BCUT2D eigenvalue weighted by Gasteiger charge is 2.61. The first-order valence-corrected chi connectivity index (χ1v) is 7.82. The Balaban J connectivity index is 1.89. The van der Waals surface area contributed by atoms with Gasteiger partial charge in [0.1, 0.15) is 5.78 Å². The number of ketones is 1. The van der Waals surface area contributed by atoms with Crippen molar-refractivity contribution >= 4 is 5.78 Å². The fraction of sp³-hybridized carbons (Fsp3) is 0.812. The fourth-order valence-electron chi connectivity index (χ4n) is 5.50. The predicted octanol–water partition coefficient (Wildman–Crippen LogP) is 1.76. The Hall–Kier alpha value is -0.670. The van der Waals surface area contributed by atoms with Gasteiger partial charge in [-0.05, 0) is 44.2 Å². The molecule has 4 rings (SSSR count). The third-order valence-electron chi connectivity index (χ3n) is 6.15. The fourth-order valence-corrected chi connectivity index (χ4v) is 5.50. The Bertz CT molecular complexity index is 458. The van der Waals surface area contributed by atoms with Gasteiger partial charge in [-0.3, -0.25) is 9.69 Å². The molecule has 2 heterocycles. The summed E-state index contributed by atoms with van der Waals surface area (Å²) < 4.78 is 0.